The minimum Gasteiger partial charge on any atom is -0.336 e. The molecule has 0 radical (unpaired) electrons. The largest absolute Gasteiger partial charge is 0.336 e. The van der Waals surface area contributed by atoms with Crippen LogP contribution < -0.4 is 16.4 Å². The number of amides is 2. The minimum atomic E-state index is -0.208. The zero-order valence-electron chi connectivity index (χ0n) is 10.1. The number of urea groups is 1. The first-order valence-electron chi connectivity index (χ1n) is 5.48. The van der Waals surface area contributed by atoms with E-state index in [1.165, 1.54) is 0 Å². The maximum atomic E-state index is 11.4. The molecule has 4 N–H and O–H groups in total. The molecule has 0 aliphatic rings. The Balaban J connectivity index is 2.59. The number of anilines is 1. The van der Waals surface area contributed by atoms with Gasteiger partial charge in [0.25, 0.3) is 0 Å². The highest BCUT2D eigenvalue weighted by molar-refractivity contribution is 5.89. The molecule has 0 spiro atoms. The average molecular weight is 231 g/mol. The van der Waals surface area contributed by atoms with Crippen LogP contribution in [0.2, 0.25) is 0 Å². The molecule has 2 amide bonds. The van der Waals surface area contributed by atoms with Gasteiger partial charge in [0.2, 0.25) is 0 Å². The molecule has 4 heteroatoms. The second kappa shape index (κ2) is 6.56. The first kappa shape index (κ1) is 13.1. The number of nitrogens with two attached hydrogens (primary N) is 1. The van der Waals surface area contributed by atoms with Crippen molar-refractivity contribution in [1.29, 1.82) is 0 Å². The SMILES string of the molecule is CC(C)NC(=O)Nc1ccc(C#CCN)cc1. The summed E-state index contributed by atoms with van der Waals surface area (Å²) in [5, 5.41) is 5.48. The number of hydrogen-bond acceptors (Lipinski definition) is 2. The molecule has 90 valence electrons. The lowest BCUT2D eigenvalue weighted by atomic mass is 10.2. The van der Waals surface area contributed by atoms with E-state index >= 15 is 0 Å². The number of hydrogen-bond donors (Lipinski definition) is 3. The van der Waals surface area contributed by atoms with E-state index in [-0.39, 0.29) is 12.1 Å². The third-order valence-corrected chi connectivity index (χ3v) is 1.90. The van der Waals surface area contributed by atoms with Gasteiger partial charge in [-0.1, -0.05) is 11.8 Å². The van der Waals surface area contributed by atoms with Gasteiger partial charge in [0.1, 0.15) is 0 Å². The van der Waals surface area contributed by atoms with Crippen LogP contribution in [0.3, 0.4) is 0 Å². The summed E-state index contributed by atoms with van der Waals surface area (Å²) in [6, 6.07) is 7.20. The second-order valence-electron chi connectivity index (χ2n) is 3.84. The third kappa shape index (κ3) is 5.05. The Labute approximate surface area is 102 Å². The number of rotatable bonds is 2. The van der Waals surface area contributed by atoms with E-state index in [1.807, 2.05) is 26.0 Å². The maximum Gasteiger partial charge on any atom is 0.319 e. The first-order chi connectivity index (χ1) is 8.11. The standard InChI is InChI=1S/C13H17N3O/c1-10(2)15-13(17)16-12-7-5-11(6-8-12)4-3-9-14/h5-8,10H,9,14H2,1-2H3,(H2,15,16,17). The summed E-state index contributed by atoms with van der Waals surface area (Å²) in [6.45, 7) is 4.16. The molecule has 4 nitrogen and oxygen atoms in total. The molecular weight excluding hydrogens is 214 g/mol. The lowest BCUT2D eigenvalue weighted by Gasteiger charge is -2.09. The Bertz CT molecular complexity index is 426. The van der Waals surface area contributed by atoms with E-state index in [0.29, 0.717) is 6.54 Å². The molecule has 17 heavy (non-hydrogen) atoms. The van der Waals surface area contributed by atoms with E-state index < -0.39 is 0 Å². The van der Waals surface area contributed by atoms with Crippen LogP contribution in [0.1, 0.15) is 19.4 Å². The van der Waals surface area contributed by atoms with E-state index in [0.717, 1.165) is 11.3 Å². The zero-order chi connectivity index (χ0) is 12.7. The van der Waals surface area contributed by atoms with Gasteiger partial charge >= 0.3 is 6.03 Å². The van der Waals surface area contributed by atoms with Crippen molar-refractivity contribution in [3.05, 3.63) is 29.8 Å². The van der Waals surface area contributed by atoms with Crippen molar-refractivity contribution in [2.45, 2.75) is 19.9 Å². The van der Waals surface area contributed by atoms with Crippen LogP contribution in [-0.4, -0.2) is 18.6 Å². The normalized spacial score (nSPS) is 9.41. The monoisotopic (exact) mass is 231 g/mol. The van der Waals surface area contributed by atoms with Crippen LogP contribution in [0.4, 0.5) is 10.5 Å². The predicted molar refractivity (Wildman–Crippen MR) is 69.7 cm³/mol. The molecule has 1 rings (SSSR count). The van der Waals surface area contributed by atoms with Crippen molar-refractivity contribution in [3.63, 3.8) is 0 Å². The molecular formula is C13H17N3O. The predicted octanol–water partition coefficient (Wildman–Crippen LogP) is 1.53. The van der Waals surface area contributed by atoms with Gasteiger partial charge in [0.05, 0.1) is 6.54 Å². The van der Waals surface area contributed by atoms with Crippen molar-refractivity contribution in [1.82, 2.24) is 5.32 Å². The highest BCUT2D eigenvalue weighted by atomic mass is 16.2. The van der Waals surface area contributed by atoms with Gasteiger partial charge in [-0.3, -0.25) is 0 Å². The van der Waals surface area contributed by atoms with E-state index in [1.54, 1.807) is 12.1 Å². The first-order valence-corrected chi connectivity index (χ1v) is 5.48. The van der Waals surface area contributed by atoms with Crippen LogP contribution in [-0.2, 0) is 0 Å². The number of benzene rings is 1. The number of carbonyl (C=O) groups excluding carboxylic acids is 1. The molecule has 0 fully saturated rings. The van der Waals surface area contributed by atoms with Crippen LogP contribution in [0.5, 0.6) is 0 Å². The maximum absolute atomic E-state index is 11.4. The summed E-state index contributed by atoms with van der Waals surface area (Å²) in [7, 11) is 0. The smallest absolute Gasteiger partial charge is 0.319 e. The fourth-order valence-corrected chi connectivity index (χ4v) is 1.22. The Morgan fingerprint density at radius 1 is 1.35 bits per heavy atom. The van der Waals surface area contributed by atoms with Gasteiger partial charge in [0, 0.05) is 17.3 Å². The van der Waals surface area contributed by atoms with Gasteiger partial charge < -0.3 is 16.4 Å². The fourth-order valence-electron chi connectivity index (χ4n) is 1.22. The Hall–Kier alpha value is -1.99. The van der Waals surface area contributed by atoms with Gasteiger partial charge in [0.15, 0.2) is 0 Å². The van der Waals surface area contributed by atoms with Gasteiger partial charge in [-0.2, -0.15) is 0 Å². The highest BCUT2D eigenvalue weighted by Gasteiger charge is 2.02. The van der Waals surface area contributed by atoms with Crippen molar-refractivity contribution >= 4 is 11.7 Å². The van der Waals surface area contributed by atoms with Gasteiger partial charge in [-0.15, -0.1) is 0 Å². The molecule has 0 aliphatic carbocycles. The quantitative estimate of drug-likeness (QED) is 0.676. The molecule has 0 saturated heterocycles. The molecule has 0 aromatic heterocycles. The topological polar surface area (TPSA) is 67.2 Å². The van der Waals surface area contributed by atoms with Gasteiger partial charge in [-0.25, -0.2) is 4.79 Å². The molecule has 0 unspecified atom stereocenters. The summed E-state index contributed by atoms with van der Waals surface area (Å²) in [5.41, 5.74) is 6.90. The average Bonchev–Trinajstić information content (AvgIpc) is 2.27. The number of carbonyl (C=O) groups is 1. The van der Waals surface area contributed by atoms with E-state index in [2.05, 4.69) is 22.5 Å². The number of nitrogens with one attached hydrogen (secondary N) is 2. The Kier molecular flexibility index (Phi) is 5.05. The molecule has 1 aromatic carbocycles. The van der Waals surface area contributed by atoms with Crippen molar-refractivity contribution in [2.75, 3.05) is 11.9 Å². The molecule has 0 heterocycles. The van der Waals surface area contributed by atoms with Crippen LogP contribution in [0, 0.1) is 11.8 Å². The summed E-state index contributed by atoms with van der Waals surface area (Å²) >= 11 is 0. The van der Waals surface area contributed by atoms with Crippen molar-refractivity contribution in [2.24, 2.45) is 5.73 Å². The highest BCUT2D eigenvalue weighted by Crippen LogP contribution is 2.08. The van der Waals surface area contributed by atoms with Crippen molar-refractivity contribution in [3.8, 4) is 11.8 Å². The van der Waals surface area contributed by atoms with E-state index in [9.17, 15) is 4.79 Å². The molecule has 0 bridgehead atoms. The van der Waals surface area contributed by atoms with Gasteiger partial charge in [-0.05, 0) is 38.1 Å². The lowest BCUT2D eigenvalue weighted by molar-refractivity contribution is 0.250. The van der Waals surface area contributed by atoms with Crippen molar-refractivity contribution < 1.29 is 4.79 Å². The fraction of sp³-hybridized carbons (Fsp3) is 0.308. The lowest BCUT2D eigenvalue weighted by Crippen LogP contribution is -2.34. The third-order valence-electron chi connectivity index (χ3n) is 1.90. The summed E-state index contributed by atoms with van der Waals surface area (Å²) in [6.07, 6.45) is 0. The minimum absolute atomic E-state index is 0.115. The molecule has 0 atom stereocenters. The summed E-state index contributed by atoms with van der Waals surface area (Å²) < 4.78 is 0. The Morgan fingerprint density at radius 3 is 2.53 bits per heavy atom. The van der Waals surface area contributed by atoms with Crippen LogP contribution in [0.25, 0.3) is 0 Å². The Morgan fingerprint density at radius 2 is 2.00 bits per heavy atom. The second-order valence-corrected chi connectivity index (χ2v) is 3.84. The molecule has 0 aliphatic heterocycles. The molecule has 0 saturated carbocycles. The van der Waals surface area contributed by atoms with Crippen LogP contribution >= 0.6 is 0 Å². The molecule has 1 aromatic rings. The van der Waals surface area contributed by atoms with E-state index in [4.69, 9.17) is 5.73 Å². The summed E-state index contributed by atoms with van der Waals surface area (Å²) in [4.78, 5) is 11.4. The van der Waals surface area contributed by atoms with Crippen LogP contribution in [0.15, 0.2) is 24.3 Å². The zero-order valence-corrected chi connectivity index (χ0v) is 10.1. The summed E-state index contributed by atoms with van der Waals surface area (Å²) in [5.74, 6) is 5.68.